The molecule has 0 unspecified atom stereocenters. The van der Waals surface area contributed by atoms with Crippen molar-refractivity contribution in [2.24, 2.45) is 0 Å². The van der Waals surface area contributed by atoms with E-state index in [2.05, 4.69) is 36.9 Å². The maximum absolute atomic E-state index is 11.1. The van der Waals surface area contributed by atoms with E-state index in [1.54, 1.807) is 6.92 Å². The minimum Gasteiger partial charge on any atom is -0.449 e. The Kier molecular flexibility index (Phi) is 5.76. The van der Waals surface area contributed by atoms with Gasteiger partial charge >= 0.3 is 6.09 Å². The fourth-order valence-corrected chi connectivity index (χ4v) is 1.66. The molecule has 3 N–H and O–H groups in total. The summed E-state index contributed by atoms with van der Waals surface area (Å²) in [6.07, 6.45) is -0.570. The molecule has 0 bridgehead atoms. The second kappa shape index (κ2) is 7.09. The zero-order valence-electron chi connectivity index (χ0n) is 12.2. The first kappa shape index (κ1) is 16.2. The molecule has 1 rings (SSSR count). The third-order valence-electron chi connectivity index (χ3n) is 2.56. The summed E-state index contributed by atoms with van der Waals surface area (Å²) in [5.41, 5.74) is 7.09. The van der Waals surface area contributed by atoms with Gasteiger partial charge in [0.2, 0.25) is 0 Å². The van der Waals surface area contributed by atoms with Crippen LogP contribution in [0.15, 0.2) is 24.3 Å². The third kappa shape index (κ3) is 5.44. The quantitative estimate of drug-likeness (QED) is 0.578. The van der Waals surface area contributed by atoms with Crippen LogP contribution in [0.1, 0.15) is 33.3 Å². The Morgan fingerprint density at radius 1 is 1.20 bits per heavy atom. The van der Waals surface area contributed by atoms with E-state index in [4.69, 9.17) is 17.0 Å². The summed E-state index contributed by atoms with van der Waals surface area (Å²) in [5, 5.41) is 3.26. The average molecular weight is 295 g/mol. The van der Waals surface area contributed by atoms with E-state index in [1.807, 2.05) is 24.3 Å². The van der Waals surface area contributed by atoms with E-state index in [9.17, 15) is 4.79 Å². The Hall–Kier alpha value is -1.82. The van der Waals surface area contributed by atoms with Gasteiger partial charge in [0.15, 0.2) is 5.11 Å². The van der Waals surface area contributed by atoms with Crippen molar-refractivity contribution in [1.29, 1.82) is 0 Å². The van der Waals surface area contributed by atoms with Gasteiger partial charge in [-0.15, -0.1) is 0 Å². The molecule has 0 aliphatic carbocycles. The lowest BCUT2D eigenvalue weighted by Gasteiger charge is -2.19. The lowest BCUT2D eigenvalue weighted by atomic mass is 9.87. The van der Waals surface area contributed by atoms with Crippen LogP contribution in [0.25, 0.3) is 0 Å². The van der Waals surface area contributed by atoms with Crippen molar-refractivity contribution in [3.8, 4) is 0 Å². The van der Waals surface area contributed by atoms with Crippen molar-refractivity contribution in [2.75, 3.05) is 11.9 Å². The largest absolute Gasteiger partial charge is 0.449 e. The molecule has 0 fully saturated rings. The maximum atomic E-state index is 11.1. The van der Waals surface area contributed by atoms with E-state index in [0.29, 0.717) is 11.7 Å². The number of ether oxygens (including phenoxy) is 1. The molecular formula is C14H21N3O2S. The van der Waals surface area contributed by atoms with Crippen LogP contribution in [0, 0.1) is 0 Å². The number of carbonyl (C=O) groups excluding carboxylic acids is 1. The molecule has 0 saturated carbocycles. The second-order valence-electron chi connectivity index (χ2n) is 5.25. The number of nitrogens with one attached hydrogen (secondary N) is 3. The molecule has 0 spiro atoms. The predicted octanol–water partition coefficient (Wildman–Crippen LogP) is 2.93. The Bertz CT molecular complexity index is 466. The highest BCUT2D eigenvalue weighted by Crippen LogP contribution is 2.23. The van der Waals surface area contributed by atoms with E-state index in [-0.39, 0.29) is 5.41 Å². The van der Waals surface area contributed by atoms with Crippen molar-refractivity contribution in [1.82, 2.24) is 10.9 Å². The normalized spacial score (nSPS) is 10.6. The molecule has 20 heavy (non-hydrogen) atoms. The summed E-state index contributed by atoms with van der Waals surface area (Å²) in [4.78, 5) is 11.1. The molecule has 0 atom stereocenters. The topological polar surface area (TPSA) is 62.4 Å². The maximum Gasteiger partial charge on any atom is 0.425 e. The zero-order valence-corrected chi connectivity index (χ0v) is 13.1. The molecule has 1 aromatic rings. The molecule has 0 aliphatic heterocycles. The highest BCUT2D eigenvalue weighted by molar-refractivity contribution is 7.80. The van der Waals surface area contributed by atoms with E-state index < -0.39 is 6.09 Å². The third-order valence-corrected chi connectivity index (χ3v) is 2.77. The minimum absolute atomic E-state index is 0.114. The first-order valence-electron chi connectivity index (χ1n) is 6.43. The zero-order chi connectivity index (χ0) is 15.2. The van der Waals surface area contributed by atoms with Gasteiger partial charge < -0.3 is 10.1 Å². The van der Waals surface area contributed by atoms with Crippen molar-refractivity contribution < 1.29 is 9.53 Å². The fraction of sp³-hybridized carbons (Fsp3) is 0.429. The number of hydrogen-bond donors (Lipinski definition) is 3. The van der Waals surface area contributed by atoms with Gasteiger partial charge in [0.1, 0.15) is 0 Å². The van der Waals surface area contributed by atoms with Crippen LogP contribution in [0.2, 0.25) is 0 Å². The highest BCUT2D eigenvalue weighted by Gasteiger charge is 2.12. The predicted molar refractivity (Wildman–Crippen MR) is 84.7 cm³/mol. The van der Waals surface area contributed by atoms with E-state index in [0.717, 1.165) is 5.69 Å². The van der Waals surface area contributed by atoms with Gasteiger partial charge in [-0.1, -0.05) is 32.9 Å². The Morgan fingerprint density at radius 2 is 1.80 bits per heavy atom. The summed E-state index contributed by atoms with van der Waals surface area (Å²) in [6.45, 7) is 8.51. The van der Waals surface area contributed by atoms with E-state index >= 15 is 0 Å². The van der Waals surface area contributed by atoms with Crippen molar-refractivity contribution in [3.63, 3.8) is 0 Å². The van der Waals surface area contributed by atoms with Gasteiger partial charge in [-0.25, -0.2) is 10.2 Å². The lowest BCUT2D eigenvalue weighted by Crippen LogP contribution is -2.44. The van der Waals surface area contributed by atoms with Crippen molar-refractivity contribution in [3.05, 3.63) is 29.8 Å². The molecule has 0 radical (unpaired) electrons. The Labute approximate surface area is 125 Å². The van der Waals surface area contributed by atoms with E-state index in [1.165, 1.54) is 5.56 Å². The van der Waals surface area contributed by atoms with Gasteiger partial charge in [0.05, 0.1) is 6.61 Å². The van der Waals surface area contributed by atoms with Gasteiger partial charge in [0, 0.05) is 5.69 Å². The molecule has 110 valence electrons. The van der Waals surface area contributed by atoms with Gasteiger partial charge in [-0.3, -0.25) is 5.43 Å². The average Bonchev–Trinajstić information content (AvgIpc) is 2.36. The summed E-state index contributed by atoms with van der Waals surface area (Å²) in [7, 11) is 0. The molecule has 0 aromatic heterocycles. The Morgan fingerprint density at radius 3 is 2.30 bits per heavy atom. The van der Waals surface area contributed by atoms with Crippen LogP contribution in [-0.4, -0.2) is 17.8 Å². The molecule has 0 aliphatic rings. The first-order valence-corrected chi connectivity index (χ1v) is 6.84. The molecule has 5 nitrogen and oxygen atoms in total. The van der Waals surface area contributed by atoms with Crippen LogP contribution in [0.3, 0.4) is 0 Å². The monoisotopic (exact) mass is 295 g/mol. The van der Waals surface area contributed by atoms with Crippen LogP contribution < -0.4 is 16.2 Å². The lowest BCUT2D eigenvalue weighted by molar-refractivity contribution is 0.150. The van der Waals surface area contributed by atoms with Gasteiger partial charge in [-0.2, -0.15) is 0 Å². The summed E-state index contributed by atoms with van der Waals surface area (Å²) < 4.78 is 4.70. The second-order valence-corrected chi connectivity index (χ2v) is 5.66. The summed E-state index contributed by atoms with van der Waals surface area (Å²) >= 11 is 5.05. The number of hydrazine groups is 1. The molecule has 0 heterocycles. The van der Waals surface area contributed by atoms with Gasteiger partial charge in [0.25, 0.3) is 0 Å². The molecule has 1 aromatic carbocycles. The standard InChI is InChI=1S/C14H21N3O2S/c1-5-19-13(18)17-16-12(20)15-11-8-6-10(7-9-11)14(2,3)4/h6-9H,5H2,1-4H3,(H,17,18)(H2,15,16,20). The van der Waals surface area contributed by atoms with Crippen LogP contribution >= 0.6 is 12.2 Å². The number of carbonyl (C=O) groups is 1. The highest BCUT2D eigenvalue weighted by atomic mass is 32.1. The van der Waals surface area contributed by atoms with Crippen molar-refractivity contribution >= 4 is 29.1 Å². The van der Waals surface area contributed by atoms with Crippen molar-refractivity contribution in [2.45, 2.75) is 33.1 Å². The number of amides is 1. The minimum atomic E-state index is -0.570. The number of thiocarbonyl (C=S) groups is 1. The molecule has 0 saturated heterocycles. The number of rotatable bonds is 2. The number of hydrogen-bond acceptors (Lipinski definition) is 3. The summed E-state index contributed by atoms with van der Waals surface area (Å²) in [5.74, 6) is 0. The summed E-state index contributed by atoms with van der Waals surface area (Å²) in [6, 6.07) is 7.98. The van der Waals surface area contributed by atoms with Gasteiger partial charge in [-0.05, 0) is 42.3 Å². The number of anilines is 1. The smallest absolute Gasteiger partial charge is 0.425 e. The van der Waals surface area contributed by atoms with Crippen LogP contribution in [-0.2, 0) is 10.2 Å². The number of benzene rings is 1. The first-order chi connectivity index (χ1) is 9.32. The van der Waals surface area contributed by atoms with Crippen LogP contribution in [0.4, 0.5) is 10.5 Å². The Balaban J connectivity index is 2.48. The molecule has 6 heteroatoms. The SMILES string of the molecule is CCOC(=O)NNC(=S)Nc1ccc(C(C)(C)C)cc1. The molecule has 1 amide bonds. The molecular weight excluding hydrogens is 274 g/mol. The van der Waals surface area contributed by atoms with Crippen LogP contribution in [0.5, 0.6) is 0 Å². The fourth-order valence-electron chi connectivity index (χ4n) is 1.49.